The first-order valence-electron chi connectivity index (χ1n) is 5.45. The van der Waals surface area contributed by atoms with E-state index in [1.807, 2.05) is 27.7 Å². The molecule has 0 amide bonds. The van der Waals surface area contributed by atoms with Crippen LogP contribution in [0.4, 0.5) is 0 Å². The van der Waals surface area contributed by atoms with Crippen LogP contribution in [0.25, 0.3) is 0 Å². The third-order valence-corrected chi connectivity index (χ3v) is 1.95. The molecule has 1 aliphatic carbocycles. The van der Waals surface area contributed by atoms with E-state index in [4.69, 9.17) is 0 Å². The van der Waals surface area contributed by atoms with E-state index in [0.717, 1.165) is 11.8 Å². The Kier molecular flexibility index (Phi) is 21.1. The summed E-state index contributed by atoms with van der Waals surface area (Å²) in [6.07, 6.45) is 7.20. The van der Waals surface area contributed by atoms with E-state index >= 15 is 0 Å². The third kappa shape index (κ3) is 12.1. The Morgan fingerprint density at radius 1 is 1.23 bits per heavy atom. The normalized spacial score (nSPS) is 23.2. The summed E-state index contributed by atoms with van der Waals surface area (Å²) in [5.74, 6) is 2.05. The van der Waals surface area contributed by atoms with E-state index in [1.54, 1.807) is 0 Å². The first kappa shape index (κ1) is 18.8. The minimum Gasteiger partial charge on any atom is -0.197 e. The van der Waals surface area contributed by atoms with Crippen molar-refractivity contribution >= 4 is 13.5 Å². The van der Waals surface area contributed by atoms with Crippen molar-refractivity contribution in [2.24, 2.45) is 11.8 Å². The Hall–Kier alpha value is 0.0900. The van der Waals surface area contributed by atoms with Gasteiger partial charge in [-0.3, -0.25) is 0 Å². The summed E-state index contributed by atoms with van der Waals surface area (Å²) < 4.78 is 0. The zero-order chi connectivity index (χ0) is 9.98. The molecule has 1 fully saturated rings. The van der Waals surface area contributed by atoms with Gasteiger partial charge in [0.05, 0.1) is 0 Å². The van der Waals surface area contributed by atoms with E-state index < -0.39 is 0 Å². The molecule has 0 nitrogen and oxygen atoms in total. The Labute approximate surface area is 93.7 Å². The van der Waals surface area contributed by atoms with Crippen molar-refractivity contribution in [3.8, 4) is 0 Å². The molecule has 0 bridgehead atoms. The molecule has 0 aliphatic heterocycles. The average Bonchev–Trinajstić information content (AvgIpc) is 2.85. The van der Waals surface area contributed by atoms with E-state index in [9.17, 15) is 0 Å². The van der Waals surface area contributed by atoms with Crippen molar-refractivity contribution in [1.29, 1.82) is 0 Å². The van der Waals surface area contributed by atoms with Crippen LogP contribution in [0.3, 0.4) is 0 Å². The monoisotopic (exact) mass is 206 g/mol. The van der Waals surface area contributed by atoms with Gasteiger partial charge in [0.2, 0.25) is 0 Å². The predicted octanol–water partition coefficient (Wildman–Crippen LogP) is 5.02. The van der Waals surface area contributed by atoms with Gasteiger partial charge in [-0.15, -0.1) is 0 Å². The smallest absolute Gasteiger partial charge is 0 e. The quantitative estimate of drug-likeness (QED) is 0.557. The summed E-state index contributed by atoms with van der Waals surface area (Å²) in [6.45, 7) is 12.4. The molecule has 0 aromatic heterocycles. The SMILES string of the molecule is C/C=C\CC1CC1C.CC.CC.S.[HH]. The fraction of sp³-hybridized carbons (Fsp3) is 0.833. The maximum absolute atomic E-state index is 2.33. The van der Waals surface area contributed by atoms with Gasteiger partial charge in [0, 0.05) is 1.43 Å². The molecule has 2 atom stereocenters. The number of rotatable bonds is 2. The number of allylic oxidation sites excluding steroid dienone is 2. The summed E-state index contributed by atoms with van der Waals surface area (Å²) in [5, 5.41) is 0. The van der Waals surface area contributed by atoms with Gasteiger partial charge in [-0.1, -0.05) is 46.8 Å². The molecule has 0 spiro atoms. The molecule has 0 aromatic carbocycles. The minimum atomic E-state index is 0. The van der Waals surface area contributed by atoms with Crippen LogP contribution in [-0.2, 0) is 0 Å². The summed E-state index contributed by atoms with van der Waals surface area (Å²) in [5.41, 5.74) is 0. The molecule has 1 saturated carbocycles. The number of hydrogen-bond acceptors (Lipinski definition) is 0. The van der Waals surface area contributed by atoms with Gasteiger partial charge in [0.25, 0.3) is 0 Å². The molecule has 13 heavy (non-hydrogen) atoms. The predicted molar refractivity (Wildman–Crippen MR) is 71.9 cm³/mol. The number of hydrogen-bond donors (Lipinski definition) is 0. The summed E-state index contributed by atoms with van der Waals surface area (Å²) >= 11 is 0. The lowest BCUT2D eigenvalue weighted by Crippen LogP contribution is -1.71. The lowest BCUT2D eigenvalue weighted by Gasteiger charge is -1.84. The van der Waals surface area contributed by atoms with Gasteiger partial charge in [-0.05, 0) is 31.6 Å². The highest BCUT2D eigenvalue weighted by Crippen LogP contribution is 2.40. The molecule has 0 radical (unpaired) electrons. The first-order chi connectivity index (χ1) is 5.84. The van der Waals surface area contributed by atoms with Crippen molar-refractivity contribution in [2.75, 3.05) is 0 Å². The second-order valence-corrected chi connectivity index (χ2v) is 2.78. The van der Waals surface area contributed by atoms with Gasteiger partial charge in [0.15, 0.2) is 0 Å². The van der Waals surface area contributed by atoms with E-state index in [0.29, 0.717) is 0 Å². The van der Waals surface area contributed by atoms with Gasteiger partial charge < -0.3 is 0 Å². The fourth-order valence-electron chi connectivity index (χ4n) is 1.04. The van der Waals surface area contributed by atoms with Crippen molar-refractivity contribution in [3.63, 3.8) is 0 Å². The Morgan fingerprint density at radius 3 is 1.85 bits per heavy atom. The molecule has 1 aliphatic rings. The van der Waals surface area contributed by atoms with Gasteiger partial charge >= 0.3 is 0 Å². The summed E-state index contributed by atoms with van der Waals surface area (Å²) in [7, 11) is 0. The zero-order valence-electron chi connectivity index (χ0n) is 10.2. The molecule has 1 heteroatoms. The van der Waals surface area contributed by atoms with Crippen LogP contribution in [0.1, 0.15) is 55.8 Å². The van der Waals surface area contributed by atoms with Gasteiger partial charge in [0.1, 0.15) is 0 Å². The average molecular weight is 206 g/mol. The molecule has 84 valence electrons. The molecule has 0 heterocycles. The maximum Gasteiger partial charge on any atom is 0 e. The van der Waals surface area contributed by atoms with Crippen molar-refractivity contribution < 1.29 is 1.43 Å². The molecular weight excluding hydrogens is 176 g/mol. The summed E-state index contributed by atoms with van der Waals surface area (Å²) in [4.78, 5) is 0. The fourth-order valence-corrected chi connectivity index (χ4v) is 1.04. The van der Waals surface area contributed by atoms with Gasteiger partial charge in [-0.2, -0.15) is 13.5 Å². The second-order valence-electron chi connectivity index (χ2n) is 2.78. The lowest BCUT2D eigenvalue weighted by molar-refractivity contribution is 0.765. The van der Waals surface area contributed by atoms with Crippen LogP contribution in [0.2, 0.25) is 0 Å². The lowest BCUT2D eigenvalue weighted by atomic mass is 10.2. The zero-order valence-corrected chi connectivity index (χ0v) is 11.2. The molecule has 1 rings (SSSR count). The Balaban J connectivity index is -0.0000000750. The highest BCUT2D eigenvalue weighted by atomic mass is 32.1. The largest absolute Gasteiger partial charge is 0.197 e. The topological polar surface area (TPSA) is 0 Å². The van der Waals surface area contributed by atoms with Crippen molar-refractivity contribution in [1.82, 2.24) is 0 Å². The minimum absolute atomic E-state index is 0. The molecular formula is C12H30S. The Bertz CT molecular complexity index is 102. The van der Waals surface area contributed by atoms with Crippen LogP contribution < -0.4 is 0 Å². The standard InChI is InChI=1S/C8H14.2C2H6.H2S.H2/c1-3-4-5-8-6-7(8)2;2*1-2;;/h3-4,7-8H,5-6H2,1-2H3;2*1-2H3;1H2;1H/b4-3-;;;;. The van der Waals surface area contributed by atoms with Gasteiger partial charge in [-0.25, -0.2) is 0 Å². The molecule has 2 unspecified atom stereocenters. The van der Waals surface area contributed by atoms with Crippen LogP contribution in [0, 0.1) is 11.8 Å². The van der Waals surface area contributed by atoms with E-state index in [2.05, 4.69) is 26.0 Å². The molecule has 0 N–H and O–H groups in total. The highest BCUT2D eigenvalue weighted by molar-refractivity contribution is 7.59. The van der Waals surface area contributed by atoms with E-state index in [1.165, 1.54) is 12.8 Å². The maximum atomic E-state index is 2.33. The van der Waals surface area contributed by atoms with Crippen molar-refractivity contribution in [2.45, 2.75) is 54.4 Å². The first-order valence-corrected chi connectivity index (χ1v) is 5.45. The van der Waals surface area contributed by atoms with Crippen molar-refractivity contribution in [3.05, 3.63) is 12.2 Å². The summed E-state index contributed by atoms with van der Waals surface area (Å²) in [6, 6.07) is 0. The van der Waals surface area contributed by atoms with Crippen LogP contribution in [0.5, 0.6) is 0 Å². The molecule has 0 saturated heterocycles. The highest BCUT2D eigenvalue weighted by Gasteiger charge is 2.30. The van der Waals surface area contributed by atoms with E-state index in [-0.39, 0.29) is 14.9 Å². The Morgan fingerprint density at radius 2 is 1.62 bits per heavy atom. The third-order valence-electron chi connectivity index (χ3n) is 1.95. The second kappa shape index (κ2) is 14.6. The van der Waals surface area contributed by atoms with Crippen LogP contribution in [-0.4, -0.2) is 0 Å². The van der Waals surface area contributed by atoms with Crippen LogP contribution >= 0.6 is 13.5 Å². The van der Waals surface area contributed by atoms with Crippen LogP contribution in [0.15, 0.2) is 12.2 Å². The molecule has 0 aromatic rings.